The monoisotopic (exact) mass is 526 g/mol. The fourth-order valence-corrected chi connectivity index (χ4v) is 5.75. The summed E-state index contributed by atoms with van der Waals surface area (Å²) in [5, 5.41) is 3.62. The van der Waals surface area contributed by atoms with Crippen molar-refractivity contribution in [3.8, 4) is 34.3 Å². The highest BCUT2D eigenvalue weighted by atomic mass is 35.5. The van der Waals surface area contributed by atoms with Crippen molar-refractivity contribution in [2.45, 2.75) is 18.8 Å². The van der Waals surface area contributed by atoms with Gasteiger partial charge >= 0.3 is 0 Å². The molecule has 1 saturated heterocycles. The molecular weight excluding hydrogens is 500 g/mol. The van der Waals surface area contributed by atoms with Crippen molar-refractivity contribution in [2.24, 2.45) is 0 Å². The lowest BCUT2D eigenvalue weighted by Crippen LogP contribution is -2.36. The number of fused-ring (bicyclic) bond motifs is 1. The van der Waals surface area contributed by atoms with Crippen LogP contribution in [0.15, 0.2) is 41.8 Å². The van der Waals surface area contributed by atoms with Crippen molar-refractivity contribution in [3.05, 3.63) is 57.4 Å². The number of halogens is 1. The Hall–Kier alpha value is -3.23. The molecule has 0 bridgehead atoms. The summed E-state index contributed by atoms with van der Waals surface area (Å²) < 4.78 is 21.9. The Bertz CT molecular complexity index is 1280. The van der Waals surface area contributed by atoms with Crippen LogP contribution in [-0.4, -0.2) is 56.3 Å². The molecule has 188 valence electrons. The minimum Gasteiger partial charge on any atom is -0.493 e. The van der Waals surface area contributed by atoms with E-state index in [9.17, 15) is 4.79 Å². The second-order valence-electron chi connectivity index (χ2n) is 8.57. The lowest BCUT2D eigenvalue weighted by Gasteiger charge is -2.30. The molecule has 0 unspecified atom stereocenters. The predicted molar refractivity (Wildman–Crippen MR) is 141 cm³/mol. The van der Waals surface area contributed by atoms with E-state index < -0.39 is 0 Å². The van der Waals surface area contributed by atoms with Crippen LogP contribution in [0.1, 0.15) is 29.3 Å². The zero-order chi connectivity index (χ0) is 25.1. The van der Waals surface area contributed by atoms with Crippen molar-refractivity contribution < 1.29 is 23.7 Å². The van der Waals surface area contributed by atoms with Crippen LogP contribution in [0.5, 0.6) is 23.0 Å². The number of piperidine rings is 1. The molecular formula is C27H27ClN2O5S. The van der Waals surface area contributed by atoms with E-state index in [4.69, 9.17) is 35.5 Å². The Morgan fingerprint density at radius 3 is 2.64 bits per heavy atom. The van der Waals surface area contributed by atoms with Gasteiger partial charge in [0.15, 0.2) is 23.0 Å². The maximum Gasteiger partial charge on any atom is 0.246 e. The van der Waals surface area contributed by atoms with Crippen LogP contribution in [0.25, 0.3) is 17.3 Å². The average Bonchev–Trinajstić information content (AvgIpc) is 3.42. The van der Waals surface area contributed by atoms with Crippen LogP contribution in [0.4, 0.5) is 0 Å². The number of methoxy groups -OCH3 is 2. The summed E-state index contributed by atoms with van der Waals surface area (Å²) in [6, 6.07) is 9.53. The number of amides is 1. The molecule has 1 aromatic heterocycles. The lowest BCUT2D eigenvalue weighted by atomic mass is 9.97. The minimum atomic E-state index is -0.0320. The van der Waals surface area contributed by atoms with Crippen molar-refractivity contribution in [3.63, 3.8) is 0 Å². The molecule has 5 rings (SSSR count). The fourth-order valence-electron chi connectivity index (χ4n) is 4.46. The van der Waals surface area contributed by atoms with Gasteiger partial charge in [-0.1, -0.05) is 11.6 Å². The van der Waals surface area contributed by atoms with Gasteiger partial charge in [0, 0.05) is 36.0 Å². The molecule has 0 atom stereocenters. The second kappa shape index (κ2) is 10.8. The number of likely N-dealkylation sites (tertiary alicyclic amines) is 1. The molecule has 7 nitrogen and oxygen atoms in total. The zero-order valence-corrected chi connectivity index (χ0v) is 21.7. The maximum atomic E-state index is 12.8. The first kappa shape index (κ1) is 24.5. The van der Waals surface area contributed by atoms with E-state index in [1.807, 2.05) is 23.1 Å². The largest absolute Gasteiger partial charge is 0.493 e. The average molecular weight is 527 g/mol. The molecule has 0 radical (unpaired) electrons. The van der Waals surface area contributed by atoms with E-state index >= 15 is 0 Å². The number of carbonyl (C=O) groups excluding carboxylic acids is 1. The molecule has 0 N–H and O–H groups in total. The van der Waals surface area contributed by atoms with Gasteiger partial charge in [-0.25, -0.2) is 4.98 Å². The van der Waals surface area contributed by atoms with Crippen molar-refractivity contribution in [1.82, 2.24) is 9.88 Å². The van der Waals surface area contributed by atoms with E-state index in [0.717, 1.165) is 40.6 Å². The highest BCUT2D eigenvalue weighted by molar-refractivity contribution is 7.10. The van der Waals surface area contributed by atoms with Crippen LogP contribution in [0.3, 0.4) is 0 Å². The Labute approximate surface area is 219 Å². The maximum absolute atomic E-state index is 12.8. The molecule has 2 aliphatic rings. The summed E-state index contributed by atoms with van der Waals surface area (Å²) in [7, 11) is 3.09. The first-order valence-corrected chi connectivity index (χ1v) is 13.1. The number of rotatable bonds is 6. The summed E-state index contributed by atoms with van der Waals surface area (Å²) >= 11 is 8.11. The van der Waals surface area contributed by atoms with Gasteiger partial charge in [0.05, 0.1) is 29.9 Å². The third kappa shape index (κ3) is 5.01. The Morgan fingerprint density at radius 2 is 1.89 bits per heavy atom. The summed E-state index contributed by atoms with van der Waals surface area (Å²) in [5.41, 5.74) is 2.67. The van der Waals surface area contributed by atoms with Gasteiger partial charge in [-0.3, -0.25) is 4.79 Å². The number of aromatic nitrogens is 1. The standard InChI is InChI=1S/C27H27ClN2O5S/c1-32-22-7-3-17(25(28)26(22)33-2)5-8-24(31)30-11-9-18(10-12-30)27-29-20(16-36-27)19-4-6-21-23(15-19)35-14-13-34-21/h3-8,15-16,18H,9-14H2,1-2H3. The van der Waals surface area contributed by atoms with Gasteiger partial charge in [0.2, 0.25) is 5.91 Å². The Kier molecular flexibility index (Phi) is 7.34. The molecule has 0 spiro atoms. The molecule has 3 aromatic rings. The number of thiazole rings is 1. The predicted octanol–water partition coefficient (Wildman–Crippen LogP) is 5.67. The number of hydrogen-bond donors (Lipinski definition) is 0. The normalized spacial score (nSPS) is 15.8. The third-order valence-electron chi connectivity index (χ3n) is 6.44. The summed E-state index contributed by atoms with van der Waals surface area (Å²) in [6.45, 7) is 2.51. The number of benzene rings is 2. The van der Waals surface area contributed by atoms with E-state index in [2.05, 4.69) is 5.38 Å². The SMILES string of the molecule is COc1ccc(C=CC(=O)N2CCC(c3nc(-c4ccc5c(c4)OCCO5)cs3)CC2)c(Cl)c1OC. The molecule has 2 aromatic carbocycles. The zero-order valence-electron chi connectivity index (χ0n) is 20.2. The molecule has 0 aliphatic carbocycles. The molecule has 0 saturated carbocycles. The molecule has 3 heterocycles. The van der Waals surface area contributed by atoms with E-state index in [1.165, 1.54) is 7.11 Å². The first-order chi connectivity index (χ1) is 17.6. The van der Waals surface area contributed by atoms with E-state index in [-0.39, 0.29) is 5.91 Å². The van der Waals surface area contributed by atoms with Crippen molar-refractivity contribution >= 4 is 34.9 Å². The summed E-state index contributed by atoms with van der Waals surface area (Å²) in [6.07, 6.45) is 5.05. The topological polar surface area (TPSA) is 70.1 Å². The number of carbonyl (C=O) groups is 1. The van der Waals surface area contributed by atoms with E-state index in [1.54, 1.807) is 42.7 Å². The minimum absolute atomic E-state index is 0.0320. The van der Waals surface area contributed by atoms with Gasteiger partial charge in [-0.2, -0.15) is 0 Å². The smallest absolute Gasteiger partial charge is 0.246 e. The van der Waals surface area contributed by atoms with Crippen molar-refractivity contribution in [2.75, 3.05) is 40.5 Å². The number of ether oxygens (including phenoxy) is 4. The Balaban J connectivity index is 1.20. The van der Waals surface area contributed by atoms with Crippen LogP contribution < -0.4 is 18.9 Å². The van der Waals surface area contributed by atoms with Crippen LogP contribution in [0, 0.1) is 0 Å². The first-order valence-electron chi connectivity index (χ1n) is 11.8. The lowest BCUT2D eigenvalue weighted by molar-refractivity contribution is -0.126. The van der Waals surface area contributed by atoms with Gasteiger partial charge in [0.1, 0.15) is 13.2 Å². The van der Waals surface area contributed by atoms with Gasteiger partial charge < -0.3 is 23.8 Å². The molecule has 36 heavy (non-hydrogen) atoms. The van der Waals surface area contributed by atoms with Gasteiger partial charge in [-0.15, -0.1) is 11.3 Å². The fraction of sp³-hybridized carbons (Fsp3) is 0.333. The number of nitrogens with zero attached hydrogens (tertiary/aromatic N) is 2. The van der Waals surface area contributed by atoms with E-state index in [0.29, 0.717) is 54.3 Å². The quantitative estimate of drug-likeness (QED) is 0.385. The summed E-state index contributed by atoms with van der Waals surface area (Å²) in [5.74, 6) is 2.85. The second-order valence-corrected chi connectivity index (χ2v) is 9.83. The van der Waals surface area contributed by atoms with Crippen LogP contribution >= 0.6 is 22.9 Å². The Morgan fingerprint density at radius 1 is 1.11 bits per heavy atom. The molecule has 1 amide bonds. The molecule has 9 heteroatoms. The molecule has 2 aliphatic heterocycles. The van der Waals surface area contributed by atoms with Crippen LogP contribution in [-0.2, 0) is 4.79 Å². The van der Waals surface area contributed by atoms with Gasteiger partial charge in [0.25, 0.3) is 0 Å². The van der Waals surface area contributed by atoms with Crippen LogP contribution in [0.2, 0.25) is 5.02 Å². The van der Waals surface area contributed by atoms with Crippen molar-refractivity contribution in [1.29, 1.82) is 0 Å². The highest BCUT2D eigenvalue weighted by Gasteiger charge is 2.25. The third-order valence-corrected chi connectivity index (χ3v) is 7.83. The van der Waals surface area contributed by atoms with Gasteiger partial charge in [-0.05, 0) is 54.8 Å². The summed E-state index contributed by atoms with van der Waals surface area (Å²) in [4.78, 5) is 19.6. The molecule has 1 fully saturated rings. The number of hydrogen-bond acceptors (Lipinski definition) is 7. The highest BCUT2D eigenvalue weighted by Crippen LogP contribution is 2.39.